The number of benzene rings is 1. The third-order valence-electron chi connectivity index (χ3n) is 8.30. The molecule has 0 radical (unpaired) electrons. The van der Waals surface area contributed by atoms with Gasteiger partial charge in [-0.1, -0.05) is 0 Å². The molecule has 4 aromatic heterocycles. The fourth-order valence-corrected chi connectivity index (χ4v) is 6.43. The first-order valence-electron chi connectivity index (χ1n) is 14.1. The molecule has 5 aromatic rings. The molecule has 0 saturated carbocycles. The lowest BCUT2D eigenvalue weighted by Gasteiger charge is -2.42. The van der Waals surface area contributed by atoms with E-state index in [1.54, 1.807) is 6.20 Å². The average Bonchev–Trinajstić information content (AvgIpc) is 3.68. The lowest BCUT2D eigenvalue weighted by Crippen LogP contribution is -2.52. The zero-order chi connectivity index (χ0) is 27.8. The first-order chi connectivity index (χ1) is 20.1. The van der Waals surface area contributed by atoms with Crippen molar-refractivity contribution in [1.29, 1.82) is 0 Å². The first-order valence-corrected chi connectivity index (χ1v) is 14.9. The summed E-state index contributed by atoms with van der Waals surface area (Å²) in [5.74, 6) is 1.07. The summed E-state index contributed by atoms with van der Waals surface area (Å²) < 4.78 is 13.9. The van der Waals surface area contributed by atoms with E-state index in [9.17, 15) is 4.57 Å². The third kappa shape index (κ3) is 5.24. The second-order valence-electron chi connectivity index (χ2n) is 10.8. The number of nitrogens with one attached hydrogen (secondary N) is 3. The molecule has 0 aliphatic carbocycles. The number of pyridine rings is 1. The smallest absolute Gasteiger partial charge is 0.231 e. The Kier molecular flexibility index (Phi) is 7.00. The molecule has 11 nitrogen and oxygen atoms in total. The fraction of sp³-hybridized carbons (Fsp3) is 0.345. The number of fused-ring (bicyclic) bond motifs is 2. The van der Waals surface area contributed by atoms with Crippen LogP contribution >= 0.6 is 8.46 Å². The van der Waals surface area contributed by atoms with Gasteiger partial charge in [0.2, 0.25) is 5.95 Å². The highest BCUT2D eigenvalue weighted by molar-refractivity contribution is 7.35. The molecule has 2 fully saturated rings. The summed E-state index contributed by atoms with van der Waals surface area (Å²) in [7, 11) is 2.09. The van der Waals surface area contributed by atoms with E-state index in [1.165, 1.54) is 44.7 Å². The van der Waals surface area contributed by atoms with Gasteiger partial charge in [0.05, 0.1) is 11.1 Å². The largest absolute Gasteiger partial charge is 0.371 e. The van der Waals surface area contributed by atoms with E-state index in [0.29, 0.717) is 40.1 Å². The SMILES string of the molecule is CN1CCN(C2CCN(c3ccc(Nc4nc(Nc5ccn6ccnc6c5P=O)c5cc[nH]c5n4)cc3)CC2)CC1. The molecule has 0 spiro atoms. The number of aromatic amines is 1. The van der Waals surface area contributed by atoms with E-state index in [4.69, 9.17) is 4.98 Å². The van der Waals surface area contributed by atoms with Gasteiger partial charge in [-0.15, -0.1) is 0 Å². The summed E-state index contributed by atoms with van der Waals surface area (Å²) in [4.78, 5) is 24.6. The van der Waals surface area contributed by atoms with Crippen molar-refractivity contribution in [2.24, 2.45) is 0 Å². The quantitative estimate of drug-likeness (QED) is 0.249. The standard InChI is InChI=1S/C29H33N10OP/c1-36-16-18-38(19-17-36)22-7-12-37(13-8-22)21-4-2-20(3-5-21)32-29-34-26-23(6-10-30-26)27(35-29)33-24-9-14-39-15-11-31-28(39)25(24)41-40/h2-6,9-11,14-15,22H,7-8,12-13,16-19H2,1H3,(H3,30,32,33,34,35). The van der Waals surface area contributed by atoms with Crippen LogP contribution in [0, 0.1) is 0 Å². The van der Waals surface area contributed by atoms with E-state index in [1.807, 2.05) is 35.1 Å². The number of rotatable bonds is 7. The predicted molar refractivity (Wildman–Crippen MR) is 164 cm³/mol. The number of anilines is 5. The minimum Gasteiger partial charge on any atom is -0.371 e. The van der Waals surface area contributed by atoms with Crippen LogP contribution in [0.4, 0.5) is 28.8 Å². The third-order valence-corrected chi connectivity index (χ3v) is 8.93. The van der Waals surface area contributed by atoms with Crippen molar-refractivity contribution in [1.82, 2.24) is 34.1 Å². The molecule has 1 aromatic carbocycles. The average molecular weight is 569 g/mol. The number of nitrogens with zero attached hydrogens (tertiary/aromatic N) is 7. The van der Waals surface area contributed by atoms with Crippen molar-refractivity contribution >= 4 is 59.3 Å². The summed E-state index contributed by atoms with van der Waals surface area (Å²) in [6.07, 6.45) is 9.65. The molecule has 6 heterocycles. The summed E-state index contributed by atoms with van der Waals surface area (Å²) in [5.41, 5.74) is 4.17. The number of piperidine rings is 1. The zero-order valence-electron chi connectivity index (χ0n) is 23.0. The molecule has 0 bridgehead atoms. The minimum atomic E-state index is -0.124. The summed E-state index contributed by atoms with van der Waals surface area (Å²) in [5, 5.41) is 8.12. The highest BCUT2D eigenvalue weighted by Crippen LogP contribution is 2.29. The van der Waals surface area contributed by atoms with Gasteiger partial charge in [0.25, 0.3) is 0 Å². The molecular weight excluding hydrogens is 535 g/mol. The molecule has 2 aliphatic heterocycles. The molecule has 2 saturated heterocycles. The van der Waals surface area contributed by atoms with Gasteiger partial charge >= 0.3 is 0 Å². The highest BCUT2D eigenvalue weighted by Gasteiger charge is 2.26. The second-order valence-corrected chi connectivity index (χ2v) is 11.4. The monoisotopic (exact) mass is 568 g/mol. The van der Waals surface area contributed by atoms with E-state index >= 15 is 0 Å². The van der Waals surface area contributed by atoms with Crippen LogP contribution < -0.4 is 20.8 Å². The summed E-state index contributed by atoms with van der Waals surface area (Å²) >= 11 is 0. The molecule has 3 N–H and O–H groups in total. The molecule has 0 atom stereocenters. The number of hydrogen-bond acceptors (Lipinski definition) is 9. The van der Waals surface area contributed by atoms with Crippen molar-refractivity contribution in [3.8, 4) is 0 Å². The number of H-pyrrole nitrogens is 1. The Labute approximate surface area is 239 Å². The van der Waals surface area contributed by atoms with Gasteiger partial charge in [-0.2, -0.15) is 9.97 Å². The molecule has 12 heteroatoms. The van der Waals surface area contributed by atoms with Crippen molar-refractivity contribution in [2.45, 2.75) is 18.9 Å². The fourth-order valence-electron chi connectivity index (χ4n) is 5.94. The van der Waals surface area contributed by atoms with E-state index in [0.717, 1.165) is 24.2 Å². The molecule has 7 rings (SSSR count). The van der Waals surface area contributed by atoms with Crippen LogP contribution in [0.1, 0.15) is 12.8 Å². The van der Waals surface area contributed by atoms with Crippen LogP contribution in [0.5, 0.6) is 0 Å². The van der Waals surface area contributed by atoms with Gasteiger partial charge in [0.15, 0.2) is 14.1 Å². The molecule has 41 heavy (non-hydrogen) atoms. The Morgan fingerprint density at radius 2 is 1.73 bits per heavy atom. The van der Waals surface area contributed by atoms with Gasteiger partial charge in [0, 0.05) is 81.5 Å². The van der Waals surface area contributed by atoms with Crippen LogP contribution in [-0.2, 0) is 4.57 Å². The number of piperazine rings is 1. The number of likely N-dealkylation sites (N-methyl/N-ethyl adjacent to an activating group) is 1. The maximum absolute atomic E-state index is 12.0. The Morgan fingerprint density at radius 1 is 0.927 bits per heavy atom. The van der Waals surface area contributed by atoms with Gasteiger partial charge < -0.3 is 29.8 Å². The minimum absolute atomic E-state index is 0.124. The zero-order valence-corrected chi connectivity index (χ0v) is 23.9. The second kappa shape index (κ2) is 11.1. The first kappa shape index (κ1) is 25.9. The van der Waals surface area contributed by atoms with Gasteiger partial charge in [0.1, 0.15) is 16.8 Å². The maximum atomic E-state index is 12.0. The number of hydrogen-bond donors (Lipinski definition) is 3. The Hall–Kier alpha value is -4.05. The molecule has 0 amide bonds. The van der Waals surface area contributed by atoms with E-state index < -0.39 is 0 Å². The van der Waals surface area contributed by atoms with Crippen molar-refractivity contribution in [2.75, 3.05) is 61.8 Å². The van der Waals surface area contributed by atoms with Crippen LogP contribution in [0.25, 0.3) is 16.7 Å². The van der Waals surface area contributed by atoms with Crippen LogP contribution in [0.15, 0.2) is 61.2 Å². The number of imidazole rings is 1. The lowest BCUT2D eigenvalue weighted by atomic mass is 10.0. The highest BCUT2D eigenvalue weighted by atomic mass is 31.1. The molecular formula is C29H33N10OP. The van der Waals surface area contributed by atoms with E-state index in [-0.39, 0.29) is 8.46 Å². The van der Waals surface area contributed by atoms with Crippen molar-refractivity contribution in [3.63, 3.8) is 0 Å². The lowest BCUT2D eigenvalue weighted by molar-refractivity contribution is 0.0982. The Morgan fingerprint density at radius 3 is 2.51 bits per heavy atom. The van der Waals surface area contributed by atoms with Crippen LogP contribution in [0.2, 0.25) is 0 Å². The maximum Gasteiger partial charge on any atom is 0.231 e. The summed E-state index contributed by atoms with van der Waals surface area (Å²) in [6.45, 7) is 6.90. The Balaban J connectivity index is 1.05. The molecule has 0 unspecified atom stereocenters. The topological polar surface area (TPSA) is 110 Å². The van der Waals surface area contributed by atoms with Crippen LogP contribution in [-0.4, -0.2) is 86.5 Å². The van der Waals surface area contributed by atoms with Crippen LogP contribution in [0.3, 0.4) is 0 Å². The summed E-state index contributed by atoms with van der Waals surface area (Å²) in [6, 6.07) is 13.0. The number of aromatic nitrogens is 5. The molecule has 2 aliphatic rings. The normalized spacial score (nSPS) is 17.5. The predicted octanol–water partition coefficient (Wildman–Crippen LogP) is 4.23. The van der Waals surface area contributed by atoms with Gasteiger partial charge in [-0.25, -0.2) is 4.98 Å². The van der Waals surface area contributed by atoms with Crippen molar-refractivity contribution < 1.29 is 4.57 Å². The Bertz CT molecular complexity index is 1670. The molecule has 210 valence electrons. The van der Waals surface area contributed by atoms with Gasteiger partial charge in [-0.3, -0.25) is 9.46 Å². The van der Waals surface area contributed by atoms with Gasteiger partial charge in [-0.05, 0) is 56.3 Å². The van der Waals surface area contributed by atoms with Crippen molar-refractivity contribution in [3.05, 3.63) is 61.2 Å². The van der Waals surface area contributed by atoms with E-state index in [2.05, 4.69) is 71.6 Å².